The number of benzene rings is 1. The van der Waals surface area contributed by atoms with E-state index in [0.29, 0.717) is 6.54 Å². The van der Waals surface area contributed by atoms with Crippen molar-refractivity contribution in [3.8, 4) is 5.75 Å². The van der Waals surface area contributed by atoms with Crippen LogP contribution in [0.3, 0.4) is 0 Å². The first kappa shape index (κ1) is 15.8. The van der Waals surface area contributed by atoms with E-state index < -0.39 is 12.0 Å². The van der Waals surface area contributed by atoms with Crippen LogP contribution in [0.25, 0.3) is 0 Å². The van der Waals surface area contributed by atoms with Crippen molar-refractivity contribution in [2.75, 3.05) is 25.0 Å². The number of aliphatic hydroxyl groups is 1. The van der Waals surface area contributed by atoms with Gasteiger partial charge in [-0.15, -0.1) is 0 Å². The Labute approximate surface area is 116 Å². The highest BCUT2D eigenvalue weighted by Gasteiger charge is 2.17. The van der Waals surface area contributed by atoms with Gasteiger partial charge < -0.3 is 25.5 Å². The molecule has 0 bridgehead atoms. The smallest absolute Gasteiger partial charge is 0.337 e. The number of aromatic hydroxyl groups is 1. The van der Waals surface area contributed by atoms with Crippen LogP contribution in [0.2, 0.25) is 0 Å². The quantitative estimate of drug-likeness (QED) is 0.588. The maximum absolute atomic E-state index is 12.0. The Morgan fingerprint density at radius 1 is 1.30 bits per heavy atom. The van der Waals surface area contributed by atoms with Crippen molar-refractivity contribution in [1.82, 2.24) is 4.90 Å². The molecule has 0 atom stereocenters. The van der Waals surface area contributed by atoms with Crippen LogP contribution in [0.15, 0.2) is 18.2 Å². The van der Waals surface area contributed by atoms with Crippen molar-refractivity contribution >= 4 is 17.7 Å². The first-order valence-electron chi connectivity index (χ1n) is 6.22. The Kier molecular flexibility index (Phi) is 5.79. The number of anilines is 1. The fourth-order valence-electron chi connectivity index (χ4n) is 1.72. The minimum absolute atomic E-state index is 0.0966. The number of carbonyl (C=O) groups is 2. The van der Waals surface area contributed by atoms with E-state index in [1.165, 1.54) is 17.0 Å². The highest BCUT2D eigenvalue weighted by molar-refractivity contribution is 6.00. The molecule has 0 spiro atoms. The number of carbonyl (C=O) groups excluding carboxylic acids is 1. The van der Waals surface area contributed by atoms with Gasteiger partial charge >= 0.3 is 12.0 Å². The van der Waals surface area contributed by atoms with E-state index in [4.69, 9.17) is 10.2 Å². The number of nitrogens with zero attached hydrogens (tertiary/aromatic N) is 1. The number of aromatic carboxylic acids is 1. The number of carboxylic acids is 1. The van der Waals surface area contributed by atoms with E-state index in [0.717, 1.165) is 12.5 Å². The fourth-order valence-corrected chi connectivity index (χ4v) is 1.72. The van der Waals surface area contributed by atoms with Crippen molar-refractivity contribution < 1.29 is 24.9 Å². The molecule has 110 valence electrons. The molecule has 0 aromatic heterocycles. The number of phenolic OH excluding ortho intramolecular Hbond substituents is 1. The molecule has 4 N–H and O–H groups in total. The summed E-state index contributed by atoms with van der Waals surface area (Å²) in [6.45, 7) is 2.34. The Hall–Kier alpha value is -2.28. The summed E-state index contributed by atoms with van der Waals surface area (Å²) in [7, 11) is 0. The molecule has 0 fully saturated rings. The molecular weight excluding hydrogens is 264 g/mol. The Morgan fingerprint density at radius 3 is 2.55 bits per heavy atom. The van der Waals surface area contributed by atoms with Gasteiger partial charge in [-0.1, -0.05) is 6.92 Å². The van der Waals surface area contributed by atoms with Crippen LogP contribution in [0, 0.1) is 0 Å². The summed E-state index contributed by atoms with van der Waals surface area (Å²) >= 11 is 0. The first-order chi connectivity index (χ1) is 9.49. The molecular formula is C13H18N2O5. The molecule has 0 aliphatic carbocycles. The topological polar surface area (TPSA) is 110 Å². The fraction of sp³-hybridized carbons (Fsp3) is 0.385. The number of hydrogen-bond donors (Lipinski definition) is 4. The second kappa shape index (κ2) is 7.34. The van der Waals surface area contributed by atoms with Crippen LogP contribution in [-0.2, 0) is 0 Å². The number of urea groups is 1. The van der Waals surface area contributed by atoms with Gasteiger partial charge in [-0.2, -0.15) is 0 Å². The lowest BCUT2D eigenvalue weighted by Gasteiger charge is -2.22. The van der Waals surface area contributed by atoms with Crippen LogP contribution in [0.4, 0.5) is 10.5 Å². The van der Waals surface area contributed by atoms with Crippen molar-refractivity contribution in [2.45, 2.75) is 13.3 Å². The normalized spacial score (nSPS) is 10.1. The van der Waals surface area contributed by atoms with Gasteiger partial charge in [-0.05, 0) is 24.6 Å². The van der Waals surface area contributed by atoms with Crippen molar-refractivity contribution in [3.63, 3.8) is 0 Å². The van der Waals surface area contributed by atoms with Crippen LogP contribution in [-0.4, -0.2) is 51.9 Å². The highest BCUT2D eigenvalue weighted by atomic mass is 16.4. The molecule has 0 unspecified atom stereocenters. The average molecular weight is 282 g/mol. The monoisotopic (exact) mass is 282 g/mol. The third kappa shape index (κ3) is 4.13. The van der Waals surface area contributed by atoms with E-state index in [2.05, 4.69) is 5.32 Å². The molecule has 0 radical (unpaired) electrons. The van der Waals surface area contributed by atoms with E-state index in [1.807, 2.05) is 6.92 Å². The predicted molar refractivity (Wildman–Crippen MR) is 73.0 cm³/mol. The van der Waals surface area contributed by atoms with Gasteiger partial charge in [-0.25, -0.2) is 9.59 Å². The Morgan fingerprint density at radius 2 is 2.00 bits per heavy atom. The number of nitrogens with one attached hydrogen (secondary N) is 1. The maximum atomic E-state index is 12.0. The lowest BCUT2D eigenvalue weighted by atomic mass is 10.1. The zero-order chi connectivity index (χ0) is 15.1. The molecule has 0 aliphatic rings. The van der Waals surface area contributed by atoms with Gasteiger partial charge in [0.2, 0.25) is 0 Å². The van der Waals surface area contributed by atoms with Gasteiger partial charge in [0.1, 0.15) is 5.75 Å². The summed E-state index contributed by atoms with van der Waals surface area (Å²) in [5, 5.41) is 29.7. The van der Waals surface area contributed by atoms with Crippen molar-refractivity contribution in [3.05, 3.63) is 23.8 Å². The lowest BCUT2D eigenvalue weighted by molar-refractivity contribution is 0.0697. The largest absolute Gasteiger partial charge is 0.508 e. The molecule has 0 saturated carbocycles. The molecule has 1 aromatic carbocycles. The van der Waals surface area contributed by atoms with Gasteiger partial charge in [0, 0.05) is 13.1 Å². The number of phenols is 1. The minimum atomic E-state index is -1.25. The zero-order valence-electron chi connectivity index (χ0n) is 11.2. The van der Waals surface area contributed by atoms with E-state index in [-0.39, 0.29) is 30.2 Å². The molecule has 0 heterocycles. The summed E-state index contributed by atoms with van der Waals surface area (Å²) in [5.41, 5.74) is -0.0989. The SMILES string of the molecule is CCCN(CCO)C(=O)Nc1ccc(O)cc1C(=O)O. The van der Waals surface area contributed by atoms with Gasteiger partial charge in [-0.3, -0.25) is 0 Å². The van der Waals surface area contributed by atoms with E-state index >= 15 is 0 Å². The standard InChI is InChI=1S/C13H18N2O5/c1-2-5-15(6-7-16)13(20)14-11-4-3-9(17)8-10(11)12(18)19/h3-4,8,16-17H,2,5-7H2,1H3,(H,14,20)(H,18,19). The Bertz CT molecular complexity index is 484. The van der Waals surface area contributed by atoms with Crippen molar-refractivity contribution in [2.24, 2.45) is 0 Å². The third-order valence-electron chi connectivity index (χ3n) is 2.63. The molecule has 20 heavy (non-hydrogen) atoms. The second-order valence-corrected chi connectivity index (χ2v) is 4.18. The van der Waals surface area contributed by atoms with Crippen LogP contribution < -0.4 is 5.32 Å². The molecule has 0 aliphatic heterocycles. The van der Waals surface area contributed by atoms with Gasteiger partial charge in [0.25, 0.3) is 0 Å². The first-order valence-corrected chi connectivity index (χ1v) is 6.22. The zero-order valence-corrected chi connectivity index (χ0v) is 11.2. The summed E-state index contributed by atoms with van der Waals surface area (Å²) in [6, 6.07) is 3.18. The number of rotatable bonds is 6. The maximum Gasteiger partial charge on any atom is 0.337 e. The van der Waals surface area contributed by atoms with Crippen LogP contribution in [0.5, 0.6) is 5.75 Å². The van der Waals surface area contributed by atoms with Crippen LogP contribution >= 0.6 is 0 Å². The number of amides is 2. The molecule has 7 heteroatoms. The number of hydrogen-bond acceptors (Lipinski definition) is 4. The highest BCUT2D eigenvalue weighted by Crippen LogP contribution is 2.21. The minimum Gasteiger partial charge on any atom is -0.508 e. The van der Waals surface area contributed by atoms with Gasteiger partial charge in [0.05, 0.1) is 17.9 Å². The molecule has 0 saturated heterocycles. The third-order valence-corrected chi connectivity index (χ3v) is 2.63. The second-order valence-electron chi connectivity index (χ2n) is 4.18. The van der Waals surface area contributed by atoms with Crippen LogP contribution in [0.1, 0.15) is 23.7 Å². The summed E-state index contributed by atoms with van der Waals surface area (Å²) < 4.78 is 0. The summed E-state index contributed by atoms with van der Waals surface area (Å²) in [5.74, 6) is -1.44. The number of carboxylic acid groups (broad SMARTS) is 1. The molecule has 1 aromatic rings. The Balaban J connectivity index is 2.91. The molecule has 7 nitrogen and oxygen atoms in total. The number of aliphatic hydroxyl groups excluding tert-OH is 1. The average Bonchev–Trinajstić information content (AvgIpc) is 2.40. The molecule has 1 rings (SSSR count). The van der Waals surface area contributed by atoms with Crippen molar-refractivity contribution in [1.29, 1.82) is 0 Å². The lowest BCUT2D eigenvalue weighted by Crippen LogP contribution is -2.37. The predicted octanol–water partition coefficient (Wildman–Crippen LogP) is 1.33. The molecule has 2 amide bonds. The van der Waals surface area contributed by atoms with E-state index in [9.17, 15) is 14.7 Å². The summed E-state index contributed by atoms with van der Waals surface area (Å²) in [6.07, 6.45) is 0.717. The van der Waals surface area contributed by atoms with E-state index in [1.54, 1.807) is 0 Å². The van der Waals surface area contributed by atoms with Gasteiger partial charge in [0.15, 0.2) is 0 Å². The summed E-state index contributed by atoms with van der Waals surface area (Å²) in [4.78, 5) is 24.4.